The van der Waals surface area contributed by atoms with Crippen molar-refractivity contribution in [3.63, 3.8) is 0 Å². The number of pyridine rings is 1. The van der Waals surface area contributed by atoms with Crippen LogP contribution >= 0.6 is 11.3 Å². The highest BCUT2D eigenvalue weighted by molar-refractivity contribution is 7.18. The third-order valence-corrected chi connectivity index (χ3v) is 7.63. The molecule has 1 unspecified atom stereocenters. The zero-order valence-electron chi connectivity index (χ0n) is 23.7. The van der Waals surface area contributed by atoms with Crippen LogP contribution in [-0.2, 0) is 22.6 Å². The summed E-state index contributed by atoms with van der Waals surface area (Å²) in [5, 5.41) is 24.7. The average Bonchev–Trinajstić information content (AvgIpc) is 3.31. The van der Waals surface area contributed by atoms with E-state index in [1.54, 1.807) is 26.4 Å². The number of nitrogens with zero attached hydrogens (tertiary/aromatic N) is 3. The number of benzene rings is 1. The van der Waals surface area contributed by atoms with E-state index in [0.717, 1.165) is 21.6 Å². The van der Waals surface area contributed by atoms with Gasteiger partial charge in [-0.25, -0.2) is 9.78 Å². The molecule has 1 aromatic carbocycles. The average molecular weight is 584 g/mol. The summed E-state index contributed by atoms with van der Waals surface area (Å²) < 4.78 is 2.52. The third-order valence-electron chi connectivity index (χ3n) is 6.50. The van der Waals surface area contributed by atoms with Crippen molar-refractivity contribution in [2.45, 2.75) is 51.6 Å². The third kappa shape index (κ3) is 8.24. The number of fused-ring (bicyclic) bond motifs is 1. The number of nitrogens with one attached hydrogen (secondary N) is 2. The van der Waals surface area contributed by atoms with Gasteiger partial charge in [0.05, 0.1) is 16.8 Å². The predicted octanol–water partition coefficient (Wildman–Crippen LogP) is 3.46. The number of carbonyl (C=O) groups is 3. The van der Waals surface area contributed by atoms with E-state index >= 15 is 0 Å². The highest BCUT2D eigenvalue weighted by Crippen LogP contribution is 2.28. The monoisotopic (exact) mass is 583 g/mol. The number of anilines is 1. The molecule has 1 atom stereocenters. The SMILES string of the molecule is CC(C)Cc1cccc2nc(Cn3cccc(NC(=O)C(CCO)(CCC=CC(=O)N(C)C)NC(=O)O)c3=O)sc12. The molecule has 0 bridgehead atoms. The number of carbonyl (C=O) groups excluding carboxylic acids is 2. The maximum absolute atomic E-state index is 13.5. The highest BCUT2D eigenvalue weighted by atomic mass is 32.1. The second-order valence-corrected chi connectivity index (χ2v) is 11.5. The summed E-state index contributed by atoms with van der Waals surface area (Å²) in [7, 11) is 3.19. The van der Waals surface area contributed by atoms with Crippen LogP contribution in [0.3, 0.4) is 0 Å². The molecule has 4 N–H and O–H groups in total. The predicted molar refractivity (Wildman–Crippen MR) is 159 cm³/mol. The summed E-state index contributed by atoms with van der Waals surface area (Å²) >= 11 is 1.53. The van der Waals surface area contributed by atoms with E-state index in [4.69, 9.17) is 4.98 Å². The van der Waals surface area contributed by atoms with Gasteiger partial charge in [0.2, 0.25) is 5.91 Å². The standard InChI is InChI=1S/C29H37N5O6S/c1-19(2)17-20-9-7-10-21-25(20)41-23(30-21)18-34-15-8-11-22(26(34)37)31-27(38)29(14-16-35,32-28(39)40)13-6-5-12-24(36)33(3)4/h5,7-12,15,19,32,35H,6,13-14,16-18H2,1-4H3,(H,31,38)(H,39,40). The number of likely N-dealkylation sites (N-methyl/N-ethyl adjacent to an activating group) is 1. The van der Waals surface area contributed by atoms with Crippen LogP contribution in [0.2, 0.25) is 0 Å². The van der Waals surface area contributed by atoms with E-state index in [9.17, 15) is 29.4 Å². The Kier molecular flexibility index (Phi) is 10.8. The summed E-state index contributed by atoms with van der Waals surface area (Å²) in [4.78, 5) is 56.3. The van der Waals surface area contributed by atoms with Crippen molar-refractivity contribution in [3.8, 4) is 0 Å². The molecule has 11 nitrogen and oxygen atoms in total. The van der Waals surface area contributed by atoms with Crippen LogP contribution in [0.15, 0.2) is 53.5 Å². The van der Waals surface area contributed by atoms with Crippen molar-refractivity contribution in [1.29, 1.82) is 0 Å². The molecule has 0 aliphatic rings. The number of amides is 3. The van der Waals surface area contributed by atoms with Crippen molar-refractivity contribution < 1.29 is 24.6 Å². The summed E-state index contributed by atoms with van der Waals surface area (Å²) in [6.07, 6.45) is 3.81. The van der Waals surface area contributed by atoms with Crippen LogP contribution in [0.25, 0.3) is 10.2 Å². The van der Waals surface area contributed by atoms with Gasteiger partial charge in [0.1, 0.15) is 16.2 Å². The smallest absolute Gasteiger partial charge is 0.405 e. The molecule has 0 fully saturated rings. The highest BCUT2D eigenvalue weighted by Gasteiger charge is 2.39. The number of allylic oxidation sites excluding steroid dienone is 1. The summed E-state index contributed by atoms with van der Waals surface area (Å²) in [6.45, 7) is 4.03. The molecule has 0 radical (unpaired) electrons. The summed E-state index contributed by atoms with van der Waals surface area (Å²) in [5.74, 6) is -0.559. The minimum atomic E-state index is -1.74. The quantitative estimate of drug-likeness (QED) is 0.225. The van der Waals surface area contributed by atoms with Gasteiger partial charge in [-0.15, -0.1) is 11.3 Å². The van der Waals surface area contributed by atoms with E-state index in [2.05, 4.69) is 30.5 Å². The molecular formula is C29H37N5O6S. The fourth-order valence-corrected chi connectivity index (χ4v) is 5.54. The number of hydrogen-bond acceptors (Lipinski definition) is 7. The van der Waals surface area contributed by atoms with Gasteiger partial charge in [0.25, 0.3) is 11.5 Å². The van der Waals surface area contributed by atoms with Gasteiger partial charge in [0, 0.05) is 33.3 Å². The Labute approximate surface area is 242 Å². The second kappa shape index (κ2) is 14.0. The largest absolute Gasteiger partial charge is 0.465 e. The van der Waals surface area contributed by atoms with Crippen LogP contribution in [0.5, 0.6) is 0 Å². The molecule has 3 amide bonds. The maximum atomic E-state index is 13.5. The number of hydrogen-bond donors (Lipinski definition) is 4. The van der Waals surface area contributed by atoms with E-state index in [0.29, 0.717) is 5.92 Å². The molecular weight excluding hydrogens is 546 g/mol. The Hall–Kier alpha value is -4.03. The lowest BCUT2D eigenvalue weighted by Crippen LogP contribution is -2.57. The topological polar surface area (TPSA) is 154 Å². The molecule has 0 aliphatic heterocycles. The first-order chi connectivity index (χ1) is 19.5. The van der Waals surface area contributed by atoms with Crippen LogP contribution < -0.4 is 16.2 Å². The van der Waals surface area contributed by atoms with Gasteiger partial charge in [0.15, 0.2) is 0 Å². The normalized spacial score (nSPS) is 12.9. The molecule has 0 saturated heterocycles. The van der Waals surface area contributed by atoms with E-state index in [1.165, 1.54) is 44.6 Å². The molecule has 3 aromatic rings. The number of aliphatic hydroxyl groups is 1. The Morgan fingerprint density at radius 2 is 1.93 bits per heavy atom. The van der Waals surface area contributed by atoms with Gasteiger partial charge in [-0.2, -0.15) is 0 Å². The Morgan fingerprint density at radius 3 is 2.59 bits per heavy atom. The van der Waals surface area contributed by atoms with Gasteiger partial charge in [-0.3, -0.25) is 14.4 Å². The molecule has 2 heterocycles. The number of aromatic nitrogens is 2. The molecule has 0 saturated carbocycles. The molecule has 0 aliphatic carbocycles. The van der Waals surface area contributed by atoms with Crippen LogP contribution in [0.1, 0.15) is 43.7 Å². The van der Waals surface area contributed by atoms with Crippen LogP contribution in [0.4, 0.5) is 10.5 Å². The van der Waals surface area contributed by atoms with Crippen molar-refractivity contribution in [1.82, 2.24) is 19.8 Å². The van der Waals surface area contributed by atoms with E-state index in [1.807, 2.05) is 12.1 Å². The first-order valence-electron chi connectivity index (χ1n) is 13.3. The lowest BCUT2D eigenvalue weighted by molar-refractivity contribution is -0.123. The van der Waals surface area contributed by atoms with Crippen molar-refractivity contribution in [2.75, 3.05) is 26.0 Å². The zero-order chi connectivity index (χ0) is 30.2. The summed E-state index contributed by atoms with van der Waals surface area (Å²) in [5.41, 5.74) is -0.171. The first-order valence-corrected chi connectivity index (χ1v) is 14.2. The molecule has 41 heavy (non-hydrogen) atoms. The van der Waals surface area contributed by atoms with Gasteiger partial charge < -0.3 is 30.3 Å². The zero-order valence-corrected chi connectivity index (χ0v) is 24.5. The second-order valence-electron chi connectivity index (χ2n) is 10.4. The van der Waals surface area contributed by atoms with Crippen LogP contribution in [0, 0.1) is 5.92 Å². The maximum Gasteiger partial charge on any atom is 0.405 e. The Bertz CT molecular complexity index is 1480. The Balaban J connectivity index is 1.85. The molecule has 2 aromatic heterocycles. The minimum Gasteiger partial charge on any atom is -0.465 e. The lowest BCUT2D eigenvalue weighted by atomic mass is 9.88. The molecule has 0 spiro atoms. The van der Waals surface area contributed by atoms with Gasteiger partial charge in [-0.05, 0) is 55.0 Å². The number of thiazole rings is 1. The van der Waals surface area contributed by atoms with Crippen molar-refractivity contribution in [2.24, 2.45) is 5.92 Å². The van der Waals surface area contributed by atoms with Crippen molar-refractivity contribution >= 4 is 45.1 Å². The number of carboxylic acid groups (broad SMARTS) is 1. The molecule has 12 heteroatoms. The fourth-order valence-electron chi connectivity index (χ4n) is 4.46. The molecule has 220 valence electrons. The first kappa shape index (κ1) is 31.5. The minimum absolute atomic E-state index is 0.0352. The molecule has 3 rings (SSSR count). The number of aliphatic hydroxyl groups excluding tert-OH is 1. The van der Waals surface area contributed by atoms with Gasteiger partial charge in [-0.1, -0.05) is 32.1 Å². The van der Waals surface area contributed by atoms with E-state index in [-0.39, 0.29) is 37.4 Å². The fraction of sp³-hybridized carbons (Fsp3) is 0.414. The van der Waals surface area contributed by atoms with Gasteiger partial charge >= 0.3 is 6.09 Å². The summed E-state index contributed by atoms with van der Waals surface area (Å²) in [6, 6.07) is 9.07. The lowest BCUT2D eigenvalue weighted by Gasteiger charge is -2.31. The van der Waals surface area contributed by atoms with Crippen LogP contribution in [-0.4, -0.2) is 68.8 Å². The van der Waals surface area contributed by atoms with E-state index < -0.39 is 29.7 Å². The van der Waals surface area contributed by atoms with Crippen molar-refractivity contribution in [3.05, 3.63) is 69.6 Å². The Morgan fingerprint density at radius 1 is 1.17 bits per heavy atom. The number of rotatable bonds is 13.